The van der Waals surface area contributed by atoms with Crippen molar-refractivity contribution in [2.45, 2.75) is 12.5 Å². The molecule has 10 heavy (non-hydrogen) atoms. The van der Waals surface area contributed by atoms with E-state index in [-0.39, 0.29) is 0 Å². The lowest BCUT2D eigenvalue weighted by Crippen LogP contribution is -2.29. The normalized spacial score (nSPS) is 16.2. The summed E-state index contributed by atoms with van der Waals surface area (Å²) in [5, 5.41) is 2.81. The van der Waals surface area contributed by atoms with Crippen LogP contribution in [0.3, 0.4) is 0 Å². The van der Waals surface area contributed by atoms with Crippen LogP contribution in [0, 0.1) is 0 Å². The lowest BCUT2D eigenvalue weighted by atomic mass is 10.1. The lowest BCUT2D eigenvalue weighted by molar-refractivity contribution is 0.626. The lowest BCUT2D eigenvalue weighted by Gasteiger charge is -2.15. The summed E-state index contributed by atoms with van der Waals surface area (Å²) < 4.78 is 0. The number of aromatic nitrogens is 1. The van der Waals surface area contributed by atoms with E-state index in [0.29, 0.717) is 0 Å². The molecular formula is C7H10N2S. The van der Waals surface area contributed by atoms with Crippen LogP contribution in [0.1, 0.15) is 11.9 Å². The van der Waals surface area contributed by atoms with Gasteiger partial charge < -0.3 is 5.73 Å². The molecule has 0 saturated heterocycles. The highest BCUT2D eigenvalue weighted by Gasteiger charge is 2.18. The number of hydrogen-bond donors (Lipinski definition) is 1. The minimum Gasteiger partial charge on any atom is -0.316 e. The Balaban J connectivity index is 2.95. The molecule has 54 valence electrons. The molecule has 1 heterocycles. The van der Waals surface area contributed by atoms with Crippen LogP contribution in [-0.2, 0) is 5.54 Å². The molecular weight excluding hydrogens is 144 g/mol. The minimum absolute atomic E-state index is 0.464. The van der Waals surface area contributed by atoms with Crippen LogP contribution in [0.4, 0.5) is 0 Å². The Bertz CT molecular complexity index is 214. The standard InChI is InChI=1S/C7H10N2S/c1-3-7(2,8)6-9-4-5-10-6/h3-5H,1,8H2,2H3/t7-/m1/s1. The summed E-state index contributed by atoms with van der Waals surface area (Å²) in [5.41, 5.74) is 5.35. The van der Waals surface area contributed by atoms with Crippen LogP contribution in [-0.4, -0.2) is 4.98 Å². The summed E-state index contributed by atoms with van der Waals surface area (Å²) >= 11 is 1.55. The Morgan fingerprint density at radius 3 is 3.00 bits per heavy atom. The smallest absolute Gasteiger partial charge is 0.116 e. The summed E-state index contributed by atoms with van der Waals surface area (Å²) in [6.45, 7) is 5.52. The molecule has 0 unspecified atom stereocenters. The molecule has 0 aromatic carbocycles. The van der Waals surface area contributed by atoms with Crippen LogP contribution in [0.2, 0.25) is 0 Å². The maximum absolute atomic E-state index is 5.81. The maximum Gasteiger partial charge on any atom is 0.116 e. The van der Waals surface area contributed by atoms with E-state index in [1.807, 2.05) is 12.3 Å². The summed E-state index contributed by atoms with van der Waals surface area (Å²) in [4.78, 5) is 4.08. The van der Waals surface area contributed by atoms with Crippen LogP contribution >= 0.6 is 11.3 Å². The van der Waals surface area contributed by atoms with Crippen molar-refractivity contribution in [1.82, 2.24) is 4.98 Å². The molecule has 0 aliphatic rings. The fraction of sp³-hybridized carbons (Fsp3) is 0.286. The van der Waals surface area contributed by atoms with E-state index >= 15 is 0 Å². The van der Waals surface area contributed by atoms with E-state index in [9.17, 15) is 0 Å². The predicted molar refractivity (Wildman–Crippen MR) is 43.9 cm³/mol. The van der Waals surface area contributed by atoms with Gasteiger partial charge >= 0.3 is 0 Å². The number of hydrogen-bond acceptors (Lipinski definition) is 3. The molecule has 0 amide bonds. The van der Waals surface area contributed by atoms with Crippen molar-refractivity contribution in [2.24, 2.45) is 5.73 Å². The van der Waals surface area contributed by atoms with Crippen molar-refractivity contribution in [2.75, 3.05) is 0 Å². The van der Waals surface area contributed by atoms with Gasteiger partial charge in [0.2, 0.25) is 0 Å². The highest BCUT2D eigenvalue weighted by Crippen LogP contribution is 2.19. The van der Waals surface area contributed by atoms with Gasteiger partial charge in [-0.2, -0.15) is 0 Å². The Kier molecular flexibility index (Phi) is 1.87. The van der Waals surface area contributed by atoms with Gasteiger partial charge in [-0.1, -0.05) is 6.08 Å². The molecule has 1 rings (SSSR count). The van der Waals surface area contributed by atoms with Crippen molar-refractivity contribution >= 4 is 11.3 Å². The van der Waals surface area contributed by atoms with Crippen molar-refractivity contribution in [1.29, 1.82) is 0 Å². The monoisotopic (exact) mass is 154 g/mol. The van der Waals surface area contributed by atoms with Crippen LogP contribution in [0.5, 0.6) is 0 Å². The summed E-state index contributed by atoms with van der Waals surface area (Å²) in [7, 11) is 0. The molecule has 0 fully saturated rings. The first-order valence-corrected chi connectivity index (χ1v) is 3.87. The third kappa shape index (κ3) is 1.25. The Morgan fingerprint density at radius 1 is 1.90 bits per heavy atom. The first kappa shape index (κ1) is 7.44. The van der Waals surface area contributed by atoms with Crippen molar-refractivity contribution in [3.63, 3.8) is 0 Å². The third-order valence-corrected chi connectivity index (χ3v) is 2.34. The van der Waals surface area contributed by atoms with Crippen LogP contribution < -0.4 is 5.73 Å². The van der Waals surface area contributed by atoms with Gasteiger partial charge in [-0.25, -0.2) is 4.98 Å². The average molecular weight is 154 g/mol. The summed E-state index contributed by atoms with van der Waals surface area (Å²) in [6, 6.07) is 0. The van der Waals surface area contributed by atoms with Gasteiger partial charge in [-0.05, 0) is 6.92 Å². The van der Waals surface area contributed by atoms with E-state index in [1.165, 1.54) is 0 Å². The van der Waals surface area contributed by atoms with E-state index < -0.39 is 5.54 Å². The van der Waals surface area contributed by atoms with Gasteiger partial charge in [-0.3, -0.25) is 0 Å². The van der Waals surface area contributed by atoms with Crippen molar-refractivity contribution in [3.8, 4) is 0 Å². The van der Waals surface area contributed by atoms with E-state index in [2.05, 4.69) is 11.6 Å². The Hall–Kier alpha value is -0.670. The highest BCUT2D eigenvalue weighted by molar-refractivity contribution is 7.09. The first-order chi connectivity index (χ1) is 4.67. The largest absolute Gasteiger partial charge is 0.316 e. The van der Waals surface area contributed by atoms with E-state index in [1.54, 1.807) is 23.6 Å². The molecule has 0 spiro atoms. The number of thiazole rings is 1. The SMILES string of the molecule is C=C[C@@](C)(N)c1nccs1. The van der Waals surface area contributed by atoms with Gasteiger partial charge in [0.15, 0.2) is 0 Å². The zero-order chi connectivity index (χ0) is 7.61. The predicted octanol–water partition coefficient (Wildman–Crippen LogP) is 1.50. The second kappa shape index (κ2) is 2.52. The van der Waals surface area contributed by atoms with E-state index in [0.717, 1.165) is 5.01 Å². The second-order valence-corrected chi connectivity index (χ2v) is 3.22. The van der Waals surface area contributed by atoms with Crippen LogP contribution in [0.15, 0.2) is 24.2 Å². The van der Waals surface area contributed by atoms with E-state index in [4.69, 9.17) is 5.73 Å². The fourth-order valence-corrected chi connectivity index (χ4v) is 1.29. The van der Waals surface area contributed by atoms with Gasteiger partial charge in [0, 0.05) is 11.6 Å². The molecule has 1 aromatic heterocycles. The third-order valence-electron chi connectivity index (χ3n) is 1.32. The fourth-order valence-electron chi connectivity index (χ4n) is 0.577. The van der Waals surface area contributed by atoms with Gasteiger partial charge in [0.25, 0.3) is 0 Å². The number of nitrogens with two attached hydrogens (primary N) is 1. The molecule has 0 bridgehead atoms. The molecule has 0 aliphatic heterocycles. The maximum atomic E-state index is 5.81. The number of nitrogens with zero attached hydrogens (tertiary/aromatic N) is 1. The molecule has 0 radical (unpaired) electrons. The molecule has 1 aromatic rings. The second-order valence-electron chi connectivity index (χ2n) is 2.32. The molecule has 1 atom stereocenters. The Morgan fingerprint density at radius 2 is 2.60 bits per heavy atom. The van der Waals surface area contributed by atoms with Gasteiger partial charge in [-0.15, -0.1) is 17.9 Å². The summed E-state index contributed by atoms with van der Waals surface area (Å²) in [6.07, 6.45) is 3.44. The topological polar surface area (TPSA) is 38.9 Å². The molecule has 0 aliphatic carbocycles. The van der Waals surface area contributed by atoms with Gasteiger partial charge in [0.05, 0.1) is 5.54 Å². The highest BCUT2D eigenvalue weighted by atomic mass is 32.1. The zero-order valence-corrected chi connectivity index (χ0v) is 6.69. The van der Waals surface area contributed by atoms with Gasteiger partial charge in [0.1, 0.15) is 5.01 Å². The quantitative estimate of drug-likeness (QED) is 0.656. The van der Waals surface area contributed by atoms with Crippen molar-refractivity contribution < 1.29 is 0 Å². The first-order valence-electron chi connectivity index (χ1n) is 2.99. The molecule has 0 saturated carbocycles. The zero-order valence-electron chi connectivity index (χ0n) is 5.87. The molecule has 2 N–H and O–H groups in total. The molecule has 2 nitrogen and oxygen atoms in total. The van der Waals surface area contributed by atoms with Crippen LogP contribution in [0.25, 0.3) is 0 Å². The summed E-state index contributed by atoms with van der Waals surface area (Å²) in [5.74, 6) is 0. The van der Waals surface area contributed by atoms with Crippen molar-refractivity contribution in [3.05, 3.63) is 29.2 Å². The number of rotatable bonds is 2. The Labute approximate surface area is 64.4 Å². The average Bonchev–Trinajstić information content (AvgIpc) is 2.38. The molecule has 3 heteroatoms. The minimum atomic E-state index is -0.464.